The maximum Gasteiger partial charge on any atom is 0.358 e. The summed E-state index contributed by atoms with van der Waals surface area (Å²) in [6, 6.07) is 3.33. The first kappa shape index (κ1) is 15.1. The Morgan fingerprint density at radius 1 is 1.43 bits per heavy atom. The van der Waals surface area contributed by atoms with Gasteiger partial charge in [0, 0.05) is 24.6 Å². The van der Waals surface area contributed by atoms with Gasteiger partial charge in [0.15, 0.2) is 5.69 Å². The number of hydrogen-bond acceptors (Lipinski definition) is 6. The molecule has 2 heterocycles. The summed E-state index contributed by atoms with van der Waals surface area (Å²) in [4.78, 5) is 15.1. The number of rotatable bonds is 7. The lowest BCUT2D eigenvalue weighted by atomic mass is 10.1. The van der Waals surface area contributed by atoms with E-state index in [0.717, 1.165) is 0 Å². The van der Waals surface area contributed by atoms with Gasteiger partial charge in [-0.1, -0.05) is 5.21 Å². The number of ether oxygens (including phenoxy) is 1. The van der Waals surface area contributed by atoms with Gasteiger partial charge in [-0.15, -0.1) is 5.10 Å². The Balaban J connectivity index is 2.32. The summed E-state index contributed by atoms with van der Waals surface area (Å²) in [5.41, 5.74) is 0.793. The average molecular weight is 292 g/mol. The molecule has 0 aliphatic carbocycles. The van der Waals surface area contributed by atoms with Crippen molar-refractivity contribution in [2.75, 3.05) is 13.2 Å². The first-order valence-corrected chi connectivity index (χ1v) is 6.46. The van der Waals surface area contributed by atoms with Crippen LogP contribution in [0.25, 0.3) is 11.3 Å². The van der Waals surface area contributed by atoms with Crippen LogP contribution in [0.1, 0.15) is 17.4 Å². The molecule has 0 bridgehead atoms. The first-order chi connectivity index (χ1) is 10.1. The lowest BCUT2D eigenvalue weighted by molar-refractivity contribution is 0.0316. The first-order valence-electron chi connectivity index (χ1n) is 6.46. The molecule has 112 valence electrons. The number of hydrogen-bond donors (Lipinski definition) is 2. The molecule has 0 aliphatic heterocycles. The molecule has 0 spiro atoms. The van der Waals surface area contributed by atoms with Gasteiger partial charge in [0.1, 0.15) is 5.69 Å². The van der Waals surface area contributed by atoms with Crippen molar-refractivity contribution >= 4 is 5.97 Å². The number of pyridine rings is 1. The van der Waals surface area contributed by atoms with Crippen LogP contribution in [0.5, 0.6) is 0 Å². The number of carboxylic acid groups (broad SMARTS) is 1. The number of aromatic nitrogens is 4. The Morgan fingerprint density at radius 2 is 2.14 bits per heavy atom. The van der Waals surface area contributed by atoms with E-state index >= 15 is 0 Å². The van der Waals surface area contributed by atoms with E-state index in [4.69, 9.17) is 4.74 Å². The van der Waals surface area contributed by atoms with Gasteiger partial charge in [-0.2, -0.15) is 0 Å². The molecule has 0 aromatic carbocycles. The van der Waals surface area contributed by atoms with Crippen molar-refractivity contribution in [3.8, 4) is 11.3 Å². The van der Waals surface area contributed by atoms with Crippen LogP contribution in [0.4, 0.5) is 0 Å². The van der Waals surface area contributed by atoms with Crippen molar-refractivity contribution in [1.82, 2.24) is 20.0 Å². The van der Waals surface area contributed by atoms with E-state index in [2.05, 4.69) is 15.3 Å². The summed E-state index contributed by atoms with van der Waals surface area (Å²) in [5, 5.41) is 26.6. The zero-order valence-corrected chi connectivity index (χ0v) is 11.5. The standard InChI is InChI=1S/C13H16N4O4/c1-2-21-8-10(18)7-17-12(9-3-5-14-6-4-9)11(13(19)20)15-16-17/h3-6,10,18H,2,7-8H2,1H3,(H,19,20). The van der Waals surface area contributed by atoms with Crippen molar-refractivity contribution in [3.63, 3.8) is 0 Å². The number of carbonyl (C=O) groups is 1. The minimum Gasteiger partial charge on any atom is -0.476 e. The normalized spacial score (nSPS) is 12.3. The fourth-order valence-corrected chi connectivity index (χ4v) is 1.89. The Morgan fingerprint density at radius 3 is 2.76 bits per heavy atom. The van der Waals surface area contributed by atoms with E-state index < -0.39 is 12.1 Å². The van der Waals surface area contributed by atoms with Crippen molar-refractivity contribution in [2.24, 2.45) is 0 Å². The zero-order valence-electron chi connectivity index (χ0n) is 11.5. The van der Waals surface area contributed by atoms with Gasteiger partial charge in [0.05, 0.1) is 19.3 Å². The Hall–Kier alpha value is -2.32. The molecule has 1 atom stereocenters. The van der Waals surface area contributed by atoms with E-state index in [1.807, 2.05) is 6.92 Å². The summed E-state index contributed by atoms with van der Waals surface area (Å²) >= 11 is 0. The third kappa shape index (κ3) is 3.61. The highest BCUT2D eigenvalue weighted by atomic mass is 16.5. The highest BCUT2D eigenvalue weighted by Gasteiger charge is 2.21. The summed E-state index contributed by atoms with van der Waals surface area (Å²) in [5.74, 6) is -1.17. The smallest absolute Gasteiger partial charge is 0.358 e. The molecule has 8 nitrogen and oxygen atoms in total. The van der Waals surface area contributed by atoms with Gasteiger partial charge in [-0.25, -0.2) is 9.48 Å². The summed E-state index contributed by atoms with van der Waals surface area (Å²) in [7, 11) is 0. The van der Waals surface area contributed by atoms with Crippen LogP contribution >= 0.6 is 0 Å². The fraction of sp³-hybridized carbons (Fsp3) is 0.385. The molecule has 21 heavy (non-hydrogen) atoms. The second kappa shape index (κ2) is 6.91. The lowest BCUT2D eigenvalue weighted by Gasteiger charge is -2.12. The molecular weight excluding hydrogens is 276 g/mol. The molecule has 8 heteroatoms. The van der Waals surface area contributed by atoms with Crippen LogP contribution in [0, 0.1) is 0 Å². The predicted octanol–water partition coefficient (Wildman–Crippen LogP) is 0.436. The minimum absolute atomic E-state index is 0.0952. The zero-order chi connectivity index (χ0) is 15.2. The summed E-state index contributed by atoms with van der Waals surface area (Å²) < 4.78 is 6.49. The second-order valence-electron chi connectivity index (χ2n) is 4.32. The van der Waals surface area contributed by atoms with Crippen LogP contribution in [-0.4, -0.2) is 55.5 Å². The highest BCUT2D eigenvalue weighted by Crippen LogP contribution is 2.21. The molecule has 2 N–H and O–H groups in total. The maximum atomic E-state index is 11.2. The summed E-state index contributed by atoms with van der Waals surface area (Å²) in [6.07, 6.45) is 2.30. The molecule has 0 saturated heterocycles. The number of aliphatic hydroxyl groups is 1. The van der Waals surface area contributed by atoms with Crippen molar-refractivity contribution in [2.45, 2.75) is 19.6 Å². The number of nitrogens with zero attached hydrogens (tertiary/aromatic N) is 4. The molecule has 2 aromatic heterocycles. The van der Waals surface area contributed by atoms with Crippen molar-refractivity contribution in [1.29, 1.82) is 0 Å². The summed E-state index contributed by atoms with van der Waals surface area (Å²) in [6.45, 7) is 2.56. The molecular formula is C13H16N4O4. The number of aromatic carboxylic acids is 1. The van der Waals surface area contributed by atoms with Gasteiger partial charge in [-0.3, -0.25) is 4.98 Å². The quantitative estimate of drug-likeness (QED) is 0.761. The van der Waals surface area contributed by atoms with Crippen molar-refractivity contribution in [3.05, 3.63) is 30.2 Å². The highest BCUT2D eigenvalue weighted by molar-refractivity contribution is 5.92. The van der Waals surface area contributed by atoms with Crippen LogP contribution in [-0.2, 0) is 11.3 Å². The molecule has 2 aromatic rings. The van der Waals surface area contributed by atoms with Crippen molar-refractivity contribution < 1.29 is 19.7 Å². The van der Waals surface area contributed by atoms with E-state index in [0.29, 0.717) is 17.9 Å². The van der Waals surface area contributed by atoms with Gasteiger partial charge in [-0.05, 0) is 19.1 Å². The molecule has 0 saturated carbocycles. The topological polar surface area (TPSA) is 110 Å². The lowest BCUT2D eigenvalue weighted by Crippen LogP contribution is -2.23. The SMILES string of the molecule is CCOCC(O)Cn1nnc(C(=O)O)c1-c1ccncc1. The van der Waals surface area contributed by atoms with Crippen LogP contribution < -0.4 is 0 Å². The molecule has 0 radical (unpaired) electrons. The van der Waals surface area contributed by atoms with E-state index in [9.17, 15) is 15.0 Å². The van der Waals surface area contributed by atoms with E-state index in [-0.39, 0.29) is 18.8 Å². The molecule has 0 amide bonds. The van der Waals surface area contributed by atoms with Gasteiger partial charge < -0.3 is 14.9 Å². The van der Waals surface area contributed by atoms with Gasteiger partial charge in [0.2, 0.25) is 0 Å². The van der Waals surface area contributed by atoms with Crippen LogP contribution in [0.2, 0.25) is 0 Å². The molecule has 1 unspecified atom stereocenters. The Kier molecular flexibility index (Phi) is 4.96. The van der Waals surface area contributed by atoms with E-state index in [1.165, 1.54) is 4.68 Å². The Labute approximate surface area is 121 Å². The van der Waals surface area contributed by atoms with Gasteiger partial charge >= 0.3 is 5.97 Å². The molecule has 0 fully saturated rings. The largest absolute Gasteiger partial charge is 0.476 e. The van der Waals surface area contributed by atoms with E-state index in [1.54, 1.807) is 24.5 Å². The fourth-order valence-electron chi connectivity index (χ4n) is 1.89. The van der Waals surface area contributed by atoms with Gasteiger partial charge in [0.25, 0.3) is 0 Å². The Bertz CT molecular complexity index is 599. The second-order valence-corrected chi connectivity index (χ2v) is 4.32. The van der Waals surface area contributed by atoms with Crippen LogP contribution in [0.3, 0.4) is 0 Å². The average Bonchev–Trinajstić information content (AvgIpc) is 2.89. The monoisotopic (exact) mass is 292 g/mol. The molecule has 2 rings (SSSR count). The third-order valence-corrected chi connectivity index (χ3v) is 2.79. The predicted molar refractivity (Wildman–Crippen MR) is 72.7 cm³/mol. The number of carboxylic acids is 1. The maximum absolute atomic E-state index is 11.2. The third-order valence-electron chi connectivity index (χ3n) is 2.79. The number of aliphatic hydroxyl groups excluding tert-OH is 1. The van der Waals surface area contributed by atoms with Crippen LogP contribution in [0.15, 0.2) is 24.5 Å². The minimum atomic E-state index is -1.17. The molecule has 0 aliphatic rings.